The molecule has 2 atom stereocenters. The molecule has 152 valence electrons. The van der Waals surface area contributed by atoms with Gasteiger partial charge in [0, 0.05) is 6.61 Å². The molecule has 0 saturated carbocycles. The molecule has 0 heterocycles. The standard InChI is InChI=1S/C21H26O6S/c1-16-10-12-19(13-11-16)28(24,25)27-20(17(2)21(22)23)9-6-14-26-15-18-7-4-3-5-8-18/h3-5,7-8,10-13,17,20H,6,9,14-15H2,1-2H3,(H,22,23)/t17-,20+/m0/s1. The van der Waals surface area contributed by atoms with Crippen molar-refractivity contribution >= 4 is 16.1 Å². The molecule has 0 aliphatic carbocycles. The lowest BCUT2D eigenvalue weighted by atomic mass is 10.0. The molecule has 1 N–H and O–H groups in total. The van der Waals surface area contributed by atoms with E-state index >= 15 is 0 Å². The summed E-state index contributed by atoms with van der Waals surface area (Å²) in [5, 5.41) is 9.30. The second kappa shape index (κ2) is 10.4. The maximum absolute atomic E-state index is 12.5. The van der Waals surface area contributed by atoms with Crippen molar-refractivity contribution in [3.63, 3.8) is 0 Å². The minimum Gasteiger partial charge on any atom is -0.481 e. The highest BCUT2D eigenvalue weighted by Gasteiger charge is 2.30. The van der Waals surface area contributed by atoms with Gasteiger partial charge in [-0.2, -0.15) is 8.42 Å². The zero-order valence-corrected chi connectivity index (χ0v) is 16.9. The number of benzene rings is 2. The molecule has 6 nitrogen and oxygen atoms in total. The molecule has 2 rings (SSSR count). The van der Waals surface area contributed by atoms with Crippen molar-refractivity contribution in [2.45, 2.75) is 44.3 Å². The lowest BCUT2D eigenvalue weighted by molar-refractivity contribution is -0.144. The van der Waals surface area contributed by atoms with Gasteiger partial charge in [-0.25, -0.2) is 0 Å². The second-order valence-electron chi connectivity index (χ2n) is 6.71. The molecular weight excluding hydrogens is 380 g/mol. The Morgan fingerprint density at radius 3 is 2.32 bits per heavy atom. The van der Waals surface area contributed by atoms with Crippen LogP contribution >= 0.6 is 0 Å². The molecule has 0 bridgehead atoms. The van der Waals surface area contributed by atoms with E-state index in [0.717, 1.165) is 11.1 Å². The molecule has 0 saturated heterocycles. The average Bonchev–Trinajstić information content (AvgIpc) is 2.67. The molecule has 0 unspecified atom stereocenters. The first kappa shape index (κ1) is 22.1. The van der Waals surface area contributed by atoms with Crippen LogP contribution < -0.4 is 0 Å². The Morgan fingerprint density at radius 2 is 1.71 bits per heavy atom. The Balaban J connectivity index is 1.94. The van der Waals surface area contributed by atoms with E-state index < -0.39 is 28.1 Å². The van der Waals surface area contributed by atoms with E-state index in [-0.39, 0.29) is 11.3 Å². The van der Waals surface area contributed by atoms with E-state index in [1.54, 1.807) is 12.1 Å². The van der Waals surface area contributed by atoms with Gasteiger partial charge in [0.2, 0.25) is 0 Å². The molecule has 0 radical (unpaired) electrons. The number of carbonyl (C=O) groups is 1. The number of hydrogen-bond acceptors (Lipinski definition) is 5. The van der Waals surface area contributed by atoms with Crippen LogP contribution in [-0.2, 0) is 30.4 Å². The number of carboxylic acids is 1. The number of carboxylic acid groups (broad SMARTS) is 1. The predicted octanol–water partition coefficient (Wildman–Crippen LogP) is 3.79. The minimum atomic E-state index is -4.04. The van der Waals surface area contributed by atoms with Crippen LogP contribution in [0.4, 0.5) is 0 Å². The van der Waals surface area contributed by atoms with Gasteiger partial charge in [-0.1, -0.05) is 48.0 Å². The zero-order chi connectivity index (χ0) is 20.6. The summed E-state index contributed by atoms with van der Waals surface area (Å²) in [5.41, 5.74) is 1.96. The fraction of sp³-hybridized carbons (Fsp3) is 0.381. The van der Waals surface area contributed by atoms with Gasteiger partial charge in [0.15, 0.2) is 0 Å². The van der Waals surface area contributed by atoms with E-state index in [2.05, 4.69) is 0 Å². The van der Waals surface area contributed by atoms with E-state index in [1.807, 2.05) is 37.3 Å². The topological polar surface area (TPSA) is 89.9 Å². The molecule has 0 aliphatic rings. The third-order valence-corrected chi connectivity index (χ3v) is 5.75. The maximum Gasteiger partial charge on any atom is 0.308 e. The number of aryl methyl sites for hydroxylation is 1. The van der Waals surface area contributed by atoms with Crippen LogP contribution in [0, 0.1) is 12.8 Å². The van der Waals surface area contributed by atoms with Gasteiger partial charge in [0.25, 0.3) is 10.1 Å². The fourth-order valence-electron chi connectivity index (χ4n) is 2.61. The first-order chi connectivity index (χ1) is 13.3. The van der Waals surface area contributed by atoms with E-state index in [1.165, 1.54) is 19.1 Å². The summed E-state index contributed by atoms with van der Waals surface area (Å²) in [6.45, 7) is 4.12. The van der Waals surface area contributed by atoms with Crippen molar-refractivity contribution in [1.82, 2.24) is 0 Å². The predicted molar refractivity (Wildman–Crippen MR) is 105 cm³/mol. The summed E-state index contributed by atoms with van der Waals surface area (Å²) < 4.78 is 35.9. The zero-order valence-electron chi connectivity index (χ0n) is 16.1. The number of ether oxygens (including phenoxy) is 1. The van der Waals surface area contributed by atoms with Crippen molar-refractivity contribution < 1.29 is 27.2 Å². The fourth-order valence-corrected chi connectivity index (χ4v) is 3.78. The maximum atomic E-state index is 12.5. The Morgan fingerprint density at radius 1 is 1.07 bits per heavy atom. The van der Waals surface area contributed by atoms with E-state index in [0.29, 0.717) is 19.6 Å². The first-order valence-corrected chi connectivity index (χ1v) is 10.5. The molecule has 28 heavy (non-hydrogen) atoms. The highest BCUT2D eigenvalue weighted by atomic mass is 32.2. The van der Waals surface area contributed by atoms with Crippen LogP contribution in [0.2, 0.25) is 0 Å². The molecule has 0 aliphatic heterocycles. The summed E-state index contributed by atoms with van der Waals surface area (Å²) in [7, 11) is -4.04. The van der Waals surface area contributed by atoms with Gasteiger partial charge < -0.3 is 9.84 Å². The van der Waals surface area contributed by atoms with Crippen molar-refractivity contribution in [1.29, 1.82) is 0 Å². The van der Waals surface area contributed by atoms with Crippen LogP contribution in [-0.4, -0.2) is 32.2 Å². The highest BCUT2D eigenvalue weighted by molar-refractivity contribution is 7.86. The SMILES string of the molecule is Cc1ccc(S(=O)(=O)O[C@H](CCCOCc2ccccc2)[C@H](C)C(=O)O)cc1. The Labute approximate surface area is 166 Å². The minimum absolute atomic E-state index is 0.0148. The van der Waals surface area contributed by atoms with Crippen molar-refractivity contribution in [2.24, 2.45) is 5.92 Å². The Bertz CT molecular complexity index is 846. The molecule has 0 fully saturated rings. The quantitative estimate of drug-likeness (QED) is 0.451. The number of rotatable bonds is 11. The van der Waals surface area contributed by atoms with Gasteiger partial charge >= 0.3 is 5.97 Å². The van der Waals surface area contributed by atoms with Crippen LogP contribution in [0.5, 0.6) is 0 Å². The van der Waals surface area contributed by atoms with Gasteiger partial charge in [0.05, 0.1) is 23.5 Å². The van der Waals surface area contributed by atoms with Crippen LogP contribution in [0.25, 0.3) is 0 Å². The van der Waals surface area contributed by atoms with Crippen LogP contribution in [0.3, 0.4) is 0 Å². The smallest absolute Gasteiger partial charge is 0.308 e. The Kier molecular flexibility index (Phi) is 8.17. The molecule has 7 heteroatoms. The average molecular weight is 407 g/mol. The molecular formula is C21H26O6S. The van der Waals surface area contributed by atoms with Crippen molar-refractivity contribution in [3.8, 4) is 0 Å². The number of aliphatic carboxylic acids is 1. The van der Waals surface area contributed by atoms with Crippen molar-refractivity contribution in [3.05, 3.63) is 65.7 Å². The summed E-state index contributed by atoms with van der Waals surface area (Å²) in [4.78, 5) is 11.4. The van der Waals surface area contributed by atoms with Crippen LogP contribution in [0.1, 0.15) is 30.9 Å². The summed E-state index contributed by atoms with van der Waals surface area (Å²) in [6.07, 6.45) is -0.226. The Hall–Kier alpha value is -2.22. The van der Waals surface area contributed by atoms with Gasteiger partial charge in [0.1, 0.15) is 0 Å². The van der Waals surface area contributed by atoms with Gasteiger partial charge in [-0.05, 0) is 44.4 Å². The highest BCUT2D eigenvalue weighted by Crippen LogP contribution is 2.22. The summed E-state index contributed by atoms with van der Waals surface area (Å²) in [5.74, 6) is -2.07. The molecule has 2 aromatic rings. The second-order valence-corrected chi connectivity index (χ2v) is 8.28. The molecule has 0 spiro atoms. The lowest BCUT2D eigenvalue weighted by Crippen LogP contribution is -2.31. The monoisotopic (exact) mass is 406 g/mol. The largest absolute Gasteiger partial charge is 0.481 e. The normalized spacial score (nSPS) is 13.8. The molecule has 2 aromatic carbocycles. The summed E-state index contributed by atoms with van der Waals surface area (Å²) >= 11 is 0. The van der Waals surface area contributed by atoms with E-state index in [9.17, 15) is 18.3 Å². The number of hydrogen-bond donors (Lipinski definition) is 1. The third kappa shape index (κ3) is 6.74. The van der Waals surface area contributed by atoms with Gasteiger partial charge in [-0.15, -0.1) is 0 Å². The lowest BCUT2D eigenvalue weighted by Gasteiger charge is -2.21. The van der Waals surface area contributed by atoms with E-state index in [4.69, 9.17) is 8.92 Å². The molecule has 0 aromatic heterocycles. The first-order valence-electron chi connectivity index (χ1n) is 9.14. The van der Waals surface area contributed by atoms with Gasteiger partial charge in [-0.3, -0.25) is 8.98 Å². The third-order valence-electron chi connectivity index (χ3n) is 4.40. The summed E-state index contributed by atoms with van der Waals surface area (Å²) in [6, 6.07) is 15.9. The molecule has 0 amide bonds. The van der Waals surface area contributed by atoms with Crippen LogP contribution in [0.15, 0.2) is 59.5 Å². The van der Waals surface area contributed by atoms with Crippen molar-refractivity contribution in [2.75, 3.05) is 6.61 Å².